The van der Waals surface area contributed by atoms with Crippen molar-refractivity contribution < 1.29 is 36.2 Å². The molecule has 88 valence electrons. The molecule has 0 aromatic rings. The van der Waals surface area contributed by atoms with Crippen LogP contribution in [-0.4, -0.2) is 48.0 Å². The maximum absolute atomic E-state index is 10.6. The Labute approximate surface area is 99.4 Å². The van der Waals surface area contributed by atoms with Crippen LogP contribution in [0.4, 0.5) is 0 Å². The van der Waals surface area contributed by atoms with E-state index in [1.165, 1.54) is 0 Å². The zero-order valence-electron chi connectivity index (χ0n) is 8.74. The third-order valence-corrected chi connectivity index (χ3v) is 8.90. The van der Waals surface area contributed by atoms with E-state index in [-0.39, 0.29) is 30.7 Å². The van der Waals surface area contributed by atoms with Crippen LogP contribution in [0.2, 0.25) is 0 Å². The van der Waals surface area contributed by atoms with E-state index in [4.69, 9.17) is 10.5 Å². The summed E-state index contributed by atoms with van der Waals surface area (Å²) in [7, 11) is 0. The van der Waals surface area contributed by atoms with E-state index in [9.17, 15) is 10.2 Å². The summed E-state index contributed by atoms with van der Waals surface area (Å²) in [6.45, 7) is 2.45. The second-order valence-corrected chi connectivity index (χ2v) is 8.76. The average molecular weight is 326 g/mol. The van der Waals surface area contributed by atoms with Gasteiger partial charge in [-0.05, 0) is 0 Å². The molecule has 0 amide bonds. The molecule has 2 heterocycles. The second kappa shape index (κ2) is 2.87. The van der Waals surface area contributed by atoms with E-state index in [0.717, 1.165) is 4.43 Å². The molecule has 3 fully saturated rings. The van der Waals surface area contributed by atoms with Crippen molar-refractivity contribution in [2.24, 2.45) is 5.73 Å². The number of rotatable bonds is 1. The molecule has 1 saturated carbocycles. The fourth-order valence-electron chi connectivity index (χ4n) is 3.42. The molecule has 4 N–H and O–H groups in total. The first-order valence-corrected chi connectivity index (χ1v) is 7.97. The van der Waals surface area contributed by atoms with E-state index >= 15 is 0 Å². The molecule has 0 unspecified atom stereocenters. The zero-order chi connectivity index (χ0) is 10.9. The predicted octanol–water partition coefficient (Wildman–Crippen LogP) is -4.17. The Morgan fingerprint density at radius 3 is 2.80 bits per heavy atom. The Morgan fingerprint density at radius 1 is 1.53 bits per heavy atom. The Morgan fingerprint density at radius 2 is 2.27 bits per heavy atom. The van der Waals surface area contributed by atoms with Gasteiger partial charge in [0.25, 0.3) is 0 Å². The third-order valence-electron chi connectivity index (χ3n) is 4.14. The van der Waals surface area contributed by atoms with Crippen molar-refractivity contribution >= 4 is 0 Å². The van der Waals surface area contributed by atoms with E-state index in [2.05, 4.69) is 0 Å². The van der Waals surface area contributed by atoms with Gasteiger partial charge in [0.05, 0.1) is 0 Å². The summed E-state index contributed by atoms with van der Waals surface area (Å²) in [6.07, 6.45) is 0.955. The molecular weight excluding hydrogens is 309 g/mol. The Balaban J connectivity index is 1.99. The molecule has 2 aliphatic heterocycles. The van der Waals surface area contributed by atoms with Crippen molar-refractivity contribution in [1.29, 1.82) is 0 Å². The monoisotopic (exact) mass is 326 g/mol. The van der Waals surface area contributed by atoms with Crippen LogP contribution in [0.5, 0.6) is 0 Å². The topological polar surface area (TPSA) is 75.7 Å². The molecule has 0 bridgehead atoms. The first-order valence-electron chi connectivity index (χ1n) is 5.36. The summed E-state index contributed by atoms with van der Waals surface area (Å²) in [4.78, 5) is 0. The fraction of sp³-hybridized carbons (Fsp3) is 1.00. The fourth-order valence-corrected chi connectivity index (χ4v) is 7.59. The van der Waals surface area contributed by atoms with Crippen molar-refractivity contribution in [2.45, 2.75) is 46.6 Å². The number of ether oxygens (including phenoxy) is 1. The molecule has 0 radical (unpaired) electrons. The Bertz CT molecular complexity index is 311. The molecule has 0 aromatic heterocycles. The molecule has 3 aliphatic rings. The van der Waals surface area contributed by atoms with Gasteiger partial charge in [0, 0.05) is 0 Å². The molecule has 2 saturated heterocycles. The first-order chi connectivity index (χ1) is 6.96. The van der Waals surface area contributed by atoms with E-state index in [1.54, 1.807) is 0 Å². The van der Waals surface area contributed by atoms with Crippen molar-refractivity contribution in [3.8, 4) is 0 Å². The summed E-state index contributed by atoms with van der Waals surface area (Å²) >= 11 is -0.0774. The molecule has 4 nitrogen and oxygen atoms in total. The number of hydrogen-bond donors (Lipinski definition) is 3. The molecule has 15 heavy (non-hydrogen) atoms. The van der Waals surface area contributed by atoms with Crippen LogP contribution in [0.3, 0.4) is 0 Å². The molecule has 3 rings (SSSR count). The molecule has 0 aromatic carbocycles. The van der Waals surface area contributed by atoms with Crippen LogP contribution >= 0.6 is 0 Å². The Kier molecular flexibility index (Phi) is 2.05. The van der Waals surface area contributed by atoms with Gasteiger partial charge in [-0.2, -0.15) is 0 Å². The van der Waals surface area contributed by atoms with Crippen LogP contribution in [0.1, 0.15) is 19.8 Å². The minimum atomic E-state index is -0.825. The maximum atomic E-state index is 10.6. The van der Waals surface area contributed by atoms with Crippen LogP contribution in [0.25, 0.3) is 0 Å². The summed E-state index contributed by atoms with van der Waals surface area (Å²) in [6, 6.07) is 0. The van der Waals surface area contributed by atoms with E-state index in [0.29, 0.717) is 19.4 Å². The number of aliphatic hydroxyl groups is 2. The van der Waals surface area contributed by atoms with Crippen molar-refractivity contribution in [2.75, 3.05) is 11.0 Å². The zero-order valence-corrected chi connectivity index (χ0v) is 10.9. The van der Waals surface area contributed by atoms with Gasteiger partial charge in [0.15, 0.2) is 0 Å². The Hall–Kier alpha value is 0.570. The van der Waals surface area contributed by atoms with Gasteiger partial charge in [-0.15, -0.1) is 0 Å². The standard InChI is InChI=1S/C10H17INO3/c1-6-2-8(13)3-9(5-12)10(14,4-11-9)7(8)15-6/h6-7,13-14H,2-5,12H2,1H3/q-1/t6-,7-,8+,9+,10-/m0/s1. The number of nitrogens with two attached hydrogens (primary N) is 1. The second-order valence-electron chi connectivity index (χ2n) is 5.17. The molecule has 5 heteroatoms. The third kappa shape index (κ3) is 1.06. The minimum absolute atomic E-state index is 0.0543. The number of halogens is 1. The van der Waals surface area contributed by atoms with Crippen LogP contribution in [0, 0.1) is 0 Å². The van der Waals surface area contributed by atoms with Crippen LogP contribution in [0.15, 0.2) is 0 Å². The van der Waals surface area contributed by atoms with Crippen molar-refractivity contribution in [1.82, 2.24) is 0 Å². The van der Waals surface area contributed by atoms with Gasteiger partial charge < -0.3 is 0 Å². The van der Waals surface area contributed by atoms with Gasteiger partial charge >= 0.3 is 99.5 Å². The molecule has 0 spiro atoms. The van der Waals surface area contributed by atoms with Gasteiger partial charge in [0.1, 0.15) is 0 Å². The summed E-state index contributed by atoms with van der Waals surface area (Å²) in [5.74, 6) is 0. The van der Waals surface area contributed by atoms with Crippen LogP contribution in [-0.2, 0) is 4.74 Å². The van der Waals surface area contributed by atoms with Crippen LogP contribution < -0.4 is 26.9 Å². The number of fused-ring (bicyclic) bond motifs is 3. The molecular formula is C10H17INO3-. The average Bonchev–Trinajstić information content (AvgIpc) is 2.52. The van der Waals surface area contributed by atoms with E-state index < -0.39 is 17.3 Å². The number of hydrogen-bond acceptors (Lipinski definition) is 4. The summed E-state index contributed by atoms with van der Waals surface area (Å²) in [5, 5.41) is 21.1. The summed E-state index contributed by atoms with van der Waals surface area (Å²) in [5.41, 5.74) is 4.15. The first kappa shape index (κ1) is 10.7. The quantitative estimate of drug-likeness (QED) is 0.338. The van der Waals surface area contributed by atoms with Gasteiger partial charge in [-0.25, -0.2) is 0 Å². The van der Waals surface area contributed by atoms with E-state index in [1.807, 2.05) is 6.92 Å². The SMILES string of the molecule is C[C@H]1C[C@@]2(O)C[C@]3(CN)[I-]C[C@]3(O)[C@H]2O1. The molecule has 5 atom stereocenters. The molecule has 1 aliphatic carbocycles. The van der Waals surface area contributed by atoms with Gasteiger partial charge in [-0.3, -0.25) is 0 Å². The van der Waals surface area contributed by atoms with Crippen molar-refractivity contribution in [3.63, 3.8) is 0 Å². The van der Waals surface area contributed by atoms with Gasteiger partial charge in [0.2, 0.25) is 0 Å². The number of alkyl halides is 2. The predicted molar refractivity (Wildman–Crippen MR) is 50.1 cm³/mol. The van der Waals surface area contributed by atoms with Gasteiger partial charge in [-0.1, -0.05) is 0 Å². The normalized spacial score (nSPS) is 62.9. The summed E-state index contributed by atoms with van der Waals surface area (Å²) < 4.78 is 6.36. The van der Waals surface area contributed by atoms with Crippen molar-refractivity contribution in [3.05, 3.63) is 0 Å².